The molecule has 1 fully saturated rings. The summed E-state index contributed by atoms with van der Waals surface area (Å²) in [7, 11) is 1.65. The first-order chi connectivity index (χ1) is 7.79. The van der Waals surface area contributed by atoms with Crippen LogP contribution in [0.3, 0.4) is 0 Å². The summed E-state index contributed by atoms with van der Waals surface area (Å²) in [4.78, 5) is 0. The highest BCUT2D eigenvalue weighted by Gasteiger charge is 2.19. The Kier molecular flexibility index (Phi) is 4.08. The molecule has 0 atom stereocenters. The fraction of sp³-hybridized carbons (Fsp3) is 0.538. The Morgan fingerprint density at radius 3 is 2.94 bits per heavy atom. The minimum Gasteiger partial charge on any atom is -0.495 e. The monoisotopic (exact) mass is 239 g/mol. The molecule has 0 heterocycles. The van der Waals surface area contributed by atoms with E-state index >= 15 is 0 Å². The van der Waals surface area contributed by atoms with Crippen LogP contribution in [0.4, 0.5) is 0 Å². The van der Waals surface area contributed by atoms with Gasteiger partial charge in [-0.25, -0.2) is 0 Å². The normalized spacial score (nSPS) is 15.1. The highest BCUT2D eigenvalue weighted by Crippen LogP contribution is 2.25. The molecule has 0 unspecified atom stereocenters. The van der Waals surface area contributed by atoms with Gasteiger partial charge in [-0.3, -0.25) is 0 Å². The lowest BCUT2D eigenvalue weighted by molar-refractivity contribution is 0.414. The van der Waals surface area contributed by atoms with Crippen molar-refractivity contribution >= 4 is 11.6 Å². The van der Waals surface area contributed by atoms with Crippen LogP contribution >= 0.6 is 11.6 Å². The zero-order valence-corrected chi connectivity index (χ0v) is 10.4. The molecule has 3 heteroatoms. The third kappa shape index (κ3) is 3.39. The lowest BCUT2D eigenvalue weighted by Crippen LogP contribution is -2.17. The van der Waals surface area contributed by atoms with Crippen LogP contribution in [0.5, 0.6) is 5.75 Å². The topological polar surface area (TPSA) is 21.3 Å². The molecule has 2 rings (SSSR count). The number of aryl methyl sites for hydroxylation is 1. The minimum absolute atomic E-state index is 0.683. The second-order valence-corrected chi connectivity index (χ2v) is 4.71. The Morgan fingerprint density at radius 1 is 1.44 bits per heavy atom. The second-order valence-electron chi connectivity index (χ2n) is 4.30. The summed E-state index contributed by atoms with van der Waals surface area (Å²) in [5, 5.41) is 4.19. The van der Waals surface area contributed by atoms with Gasteiger partial charge in [0.25, 0.3) is 0 Å². The molecule has 0 radical (unpaired) electrons. The maximum Gasteiger partial charge on any atom is 0.137 e. The van der Waals surface area contributed by atoms with Gasteiger partial charge in [0, 0.05) is 6.04 Å². The molecule has 16 heavy (non-hydrogen) atoms. The average molecular weight is 240 g/mol. The number of hydrogen-bond acceptors (Lipinski definition) is 2. The van der Waals surface area contributed by atoms with Crippen LogP contribution in [0, 0.1) is 0 Å². The number of ether oxygens (including phenoxy) is 1. The zero-order chi connectivity index (χ0) is 11.4. The summed E-state index contributed by atoms with van der Waals surface area (Å²) in [6, 6.07) is 6.81. The molecule has 2 nitrogen and oxygen atoms in total. The van der Waals surface area contributed by atoms with E-state index in [4.69, 9.17) is 16.3 Å². The molecule has 1 saturated carbocycles. The molecule has 1 aliphatic carbocycles. The Balaban J connectivity index is 1.78. The number of hydrogen-bond donors (Lipinski definition) is 1. The first-order valence-electron chi connectivity index (χ1n) is 5.85. The van der Waals surface area contributed by atoms with Gasteiger partial charge >= 0.3 is 0 Å². The van der Waals surface area contributed by atoms with Gasteiger partial charge in [-0.2, -0.15) is 0 Å². The van der Waals surface area contributed by atoms with E-state index in [-0.39, 0.29) is 0 Å². The van der Waals surface area contributed by atoms with E-state index < -0.39 is 0 Å². The Labute approximate surface area is 102 Å². The molecule has 0 saturated heterocycles. The van der Waals surface area contributed by atoms with Crippen LogP contribution in [0.15, 0.2) is 18.2 Å². The average Bonchev–Trinajstić information content (AvgIpc) is 3.10. The van der Waals surface area contributed by atoms with E-state index in [0.29, 0.717) is 5.02 Å². The van der Waals surface area contributed by atoms with Crippen molar-refractivity contribution in [3.8, 4) is 5.75 Å². The number of halogens is 1. The number of methoxy groups -OCH3 is 1. The van der Waals surface area contributed by atoms with Gasteiger partial charge in [-0.1, -0.05) is 17.7 Å². The maximum atomic E-state index is 5.97. The molecule has 0 aliphatic heterocycles. The highest BCUT2D eigenvalue weighted by molar-refractivity contribution is 6.32. The van der Waals surface area contributed by atoms with Gasteiger partial charge in [-0.15, -0.1) is 0 Å². The summed E-state index contributed by atoms with van der Waals surface area (Å²) < 4.78 is 5.19. The van der Waals surface area contributed by atoms with E-state index in [0.717, 1.165) is 24.8 Å². The number of rotatable bonds is 6. The molecule has 0 bridgehead atoms. The molecule has 88 valence electrons. The predicted octanol–water partition coefficient (Wildman–Crippen LogP) is 3.03. The molecule has 1 N–H and O–H groups in total. The predicted molar refractivity (Wildman–Crippen MR) is 67.3 cm³/mol. The van der Waals surface area contributed by atoms with Gasteiger partial charge in [0.2, 0.25) is 0 Å². The SMILES string of the molecule is COc1cc(CCCNC2CC2)ccc1Cl. The van der Waals surface area contributed by atoms with Crippen molar-refractivity contribution in [1.29, 1.82) is 0 Å². The lowest BCUT2D eigenvalue weighted by atomic mass is 10.1. The van der Waals surface area contributed by atoms with E-state index in [1.807, 2.05) is 12.1 Å². The Morgan fingerprint density at radius 2 is 2.25 bits per heavy atom. The molecule has 0 amide bonds. The summed E-state index contributed by atoms with van der Waals surface area (Å²) in [6.45, 7) is 1.11. The smallest absolute Gasteiger partial charge is 0.137 e. The minimum atomic E-state index is 0.683. The van der Waals surface area contributed by atoms with E-state index in [2.05, 4.69) is 11.4 Å². The van der Waals surface area contributed by atoms with Crippen LogP contribution in [-0.4, -0.2) is 19.7 Å². The zero-order valence-electron chi connectivity index (χ0n) is 9.63. The van der Waals surface area contributed by atoms with E-state index in [9.17, 15) is 0 Å². The molecular weight excluding hydrogens is 222 g/mol. The van der Waals surface area contributed by atoms with Gasteiger partial charge in [0.15, 0.2) is 0 Å². The van der Waals surface area contributed by atoms with Crippen molar-refractivity contribution in [3.63, 3.8) is 0 Å². The summed E-state index contributed by atoms with van der Waals surface area (Å²) in [6.07, 6.45) is 4.96. The van der Waals surface area contributed by atoms with Crippen molar-refractivity contribution in [2.24, 2.45) is 0 Å². The molecule has 0 aromatic heterocycles. The quantitative estimate of drug-likeness (QED) is 0.771. The van der Waals surface area contributed by atoms with E-state index in [1.165, 1.54) is 24.8 Å². The van der Waals surface area contributed by atoms with Gasteiger partial charge < -0.3 is 10.1 Å². The molecule has 1 aliphatic rings. The van der Waals surface area contributed by atoms with Crippen LogP contribution in [0.1, 0.15) is 24.8 Å². The fourth-order valence-corrected chi connectivity index (χ4v) is 1.94. The standard InChI is InChI=1S/C13H18ClNO/c1-16-13-9-10(4-7-12(13)14)3-2-8-15-11-5-6-11/h4,7,9,11,15H,2-3,5-6,8H2,1H3. The van der Waals surface area contributed by atoms with Gasteiger partial charge in [0.05, 0.1) is 12.1 Å². The van der Waals surface area contributed by atoms with Crippen LogP contribution in [-0.2, 0) is 6.42 Å². The van der Waals surface area contributed by atoms with Crippen molar-refractivity contribution in [1.82, 2.24) is 5.32 Å². The molecule has 1 aromatic carbocycles. The Hall–Kier alpha value is -0.730. The van der Waals surface area contributed by atoms with Crippen LogP contribution in [0.2, 0.25) is 5.02 Å². The summed E-state index contributed by atoms with van der Waals surface area (Å²) in [5.74, 6) is 0.773. The Bertz CT molecular complexity index is 350. The molecular formula is C13H18ClNO. The fourth-order valence-electron chi connectivity index (χ4n) is 1.75. The summed E-state index contributed by atoms with van der Waals surface area (Å²) >= 11 is 5.97. The van der Waals surface area contributed by atoms with Crippen LogP contribution in [0.25, 0.3) is 0 Å². The first kappa shape index (κ1) is 11.7. The highest BCUT2D eigenvalue weighted by atomic mass is 35.5. The second kappa shape index (κ2) is 5.55. The lowest BCUT2D eigenvalue weighted by Gasteiger charge is -2.07. The molecule has 1 aromatic rings. The maximum absolute atomic E-state index is 5.97. The van der Waals surface area contributed by atoms with Crippen molar-refractivity contribution in [2.45, 2.75) is 31.7 Å². The van der Waals surface area contributed by atoms with Crippen molar-refractivity contribution in [2.75, 3.05) is 13.7 Å². The largest absolute Gasteiger partial charge is 0.495 e. The van der Waals surface area contributed by atoms with Gasteiger partial charge in [-0.05, 0) is 49.9 Å². The van der Waals surface area contributed by atoms with Crippen molar-refractivity contribution < 1.29 is 4.74 Å². The number of nitrogens with one attached hydrogen (secondary N) is 1. The third-order valence-electron chi connectivity index (χ3n) is 2.87. The van der Waals surface area contributed by atoms with Crippen LogP contribution < -0.4 is 10.1 Å². The first-order valence-corrected chi connectivity index (χ1v) is 6.23. The number of benzene rings is 1. The summed E-state index contributed by atoms with van der Waals surface area (Å²) in [5.41, 5.74) is 1.29. The van der Waals surface area contributed by atoms with E-state index in [1.54, 1.807) is 7.11 Å². The third-order valence-corrected chi connectivity index (χ3v) is 3.18. The van der Waals surface area contributed by atoms with Crippen molar-refractivity contribution in [3.05, 3.63) is 28.8 Å². The van der Waals surface area contributed by atoms with Gasteiger partial charge in [0.1, 0.15) is 5.75 Å². The molecule has 0 spiro atoms.